The molecule has 1 rings (SSSR count). The lowest BCUT2D eigenvalue weighted by molar-refractivity contribution is -0.146. The Balaban J connectivity index is 2.71. The summed E-state index contributed by atoms with van der Waals surface area (Å²) < 4.78 is 36.9. The molecule has 0 aliphatic heterocycles. The lowest BCUT2D eigenvalue weighted by atomic mass is 10.1. The number of amides is 1. The first-order chi connectivity index (χ1) is 11.5. The molecule has 9 nitrogen and oxygen atoms in total. The van der Waals surface area contributed by atoms with E-state index in [2.05, 4.69) is 10.0 Å². The Morgan fingerprint density at radius 1 is 1.16 bits per heavy atom. The highest BCUT2D eigenvalue weighted by Gasteiger charge is 2.28. The van der Waals surface area contributed by atoms with Crippen molar-refractivity contribution in [1.29, 1.82) is 0 Å². The third kappa shape index (κ3) is 5.61. The number of sulfonamides is 1. The Morgan fingerprint density at radius 3 is 2.28 bits per heavy atom. The first kappa shape index (κ1) is 20.7. The zero-order chi connectivity index (χ0) is 19.3. The van der Waals surface area contributed by atoms with Crippen molar-refractivity contribution in [3.8, 4) is 11.5 Å². The van der Waals surface area contributed by atoms with Crippen LogP contribution in [-0.2, 0) is 19.6 Å². The summed E-state index contributed by atoms with van der Waals surface area (Å²) in [5, 5.41) is 11.2. The second-order valence-electron chi connectivity index (χ2n) is 5.64. The van der Waals surface area contributed by atoms with Gasteiger partial charge in [-0.25, -0.2) is 17.9 Å². The van der Waals surface area contributed by atoms with E-state index in [0.29, 0.717) is 5.75 Å². The van der Waals surface area contributed by atoms with Gasteiger partial charge in [0.2, 0.25) is 15.9 Å². The Bertz CT molecular complexity index is 744. The fraction of sp³-hybridized carbons (Fsp3) is 0.467. The van der Waals surface area contributed by atoms with Crippen LogP contribution < -0.4 is 19.5 Å². The van der Waals surface area contributed by atoms with Gasteiger partial charge in [0.25, 0.3) is 0 Å². The van der Waals surface area contributed by atoms with E-state index < -0.39 is 27.4 Å². The zero-order valence-electron chi connectivity index (χ0n) is 14.5. The molecule has 0 aliphatic rings. The topological polar surface area (TPSA) is 131 Å². The molecule has 0 spiro atoms. The van der Waals surface area contributed by atoms with Gasteiger partial charge in [-0.1, -0.05) is 0 Å². The molecule has 0 heterocycles. The highest BCUT2D eigenvalue weighted by Crippen LogP contribution is 2.29. The number of nitrogens with one attached hydrogen (secondary N) is 2. The smallest absolute Gasteiger partial charge is 0.328 e. The van der Waals surface area contributed by atoms with E-state index in [9.17, 15) is 18.0 Å². The SMILES string of the molecule is COc1ccc(S(=O)(=O)NCCC(=O)NC(C)(C)C(=O)O)cc1OC. The van der Waals surface area contributed by atoms with Crippen LogP contribution in [0.25, 0.3) is 0 Å². The number of carboxylic acids is 1. The molecule has 0 unspecified atom stereocenters. The van der Waals surface area contributed by atoms with Crippen molar-refractivity contribution in [2.45, 2.75) is 30.7 Å². The summed E-state index contributed by atoms with van der Waals surface area (Å²) in [5.41, 5.74) is -1.43. The predicted octanol–water partition coefficient (Wildman–Crippen LogP) is 0.352. The third-order valence-corrected chi connectivity index (χ3v) is 4.75. The molecule has 0 bridgehead atoms. The van der Waals surface area contributed by atoms with Gasteiger partial charge in [-0.3, -0.25) is 4.79 Å². The Morgan fingerprint density at radius 2 is 1.76 bits per heavy atom. The van der Waals surface area contributed by atoms with E-state index in [1.807, 2.05) is 0 Å². The van der Waals surface area contributed by atoms with E-state index in [0.717, 1.165) is 0 Å². The van der Waals surface area contributed by atoms with Crippen LogP contribution in [0.3, 0.4) is 0 Å². The minimum Gasteiger partial charge on any atom is -0.493 e. The lowest BCUT2D eigenvalue weighted by Gasteiger charge is -2.20. The molecule has 0 atom stereocenters. The maximum absolute atomic E-state index is 12.2. The van der Waals surface area contributed by atoms with Crippen LogP contribution in [0.15, 0.2) is 23.1 Å². The van der Waals surface area contributed by atoms with Crippen LogP contribution in [0.1, 0.15) is 20.3 Å². The minimum atomic E-state index is -3.86. The number of aliphatic carboxylic acids is 1. The quantitative estimate of drug-likeness (QED) is 0.568. The first-order valence-corrected chi connectivity index (χ1v) is 8.78. The van der Waals surface area contributed by atoms with E-state index >= 15 is 0 Å². The van der Waals surface area contributed by atoms with Crippen LogP contribution in [-0.4, -0.2) is 51.7 Å². The second-order valence-corrected chi connectivity index (χ2v) is 7.41. The average molecular weight is 374 g/mol. The van der Waals surface area contributed by atoms with E-state index in [4.69, 9.17) is 14.6 Å². The number of hydrogen-bond donors (Lipinski definition) is 3. The molecule has 10 heteroatoms. The molecule has 25 heavy (non-hydrogen) atoms. The van der Waals surface area contributed by atoms with E-state index in [1.54, 1.807) is 0 Å². The lowest BCUT2D eigenvalue weighted by Crippen LogP contribution is -2.50. The van der Waals surface area contributed by atoms with Crippen molar-refractivity contribution in [2.75, 3.05) is 20.8 Å². The molecule has 0 saturated heterocycles. The minimum absolute atomic E-state index is 0.0450. The maximum atomic E-state index is 12.2. The average Bonchev–Trinajstić information content (AvgIpc) is 2.53. The normalized spacial score (nSPS) is 11.7. The second kappa shape index (κ2) is 8.17. The number of methoxy groups -OCH3 is 2. The number of carbonyl (C=O) groups is 2. The standard InChI is InChI=1S/C15H22N2O7S/c1-15(2,14(19)20)17-13(18)7-8-16-25(21,22)10-5-6-11(23-3)12(9-10)24-4/h5-6,9,16H,7-8H2,1-4H3,(H,17,18)(H,19,20). The van der Waals surface area contributed by atoms with Crippen molar-refractivity contribution in [2.24, 2.45) is 0 Å². The van der Waals surface area contributed by atoms with Gasteiger partial charge in [0.1, 0.15) is 5.54 Å². The highest BCUT2D eigenvalue weighted by atomic mass is 32.2. The van der Waals surface area contributed by atoms with Crippen LogP contribution in [0.2, 0.25) is 0 Å². The first-order valence-electron chi connectivity index (χ1n) is 7.29. The Hall–Kier alpha value is -2.33. The Labute approximate surface area is 146 Å². The molecular weight excluding hydrogens is 352 g/mol. The van der Waals surface area contributed by atoms with Gasteiger partial charge in [-0.05, 0) is 26.0 Å². The van der Waals surface area contributed by atoms with Gasteiger partial charge in [0.15, 0.2) is 11.5 Å². The van der Waals surface area contributed by atoms with Gasteiger partial charge in [-0.2, -0.15) is 0 Å². The monoisotopic (exact) mass is 374 g/mol. The summed E-state index contributed by atoms with van der Waals surface area (Å²) >= 11 is 0. The number of carboxylic acid groups (broad SMARTS) is 1. The maximum Gasteiger partial charge on any atom is 0.328 e. The fourth-order valence-corrected chi connectivity index (χ4v) is 2.88. The Kier molecular flexibility index (Phi) is 6.77. The van der Waals surface area contributed by atoms with E-state index in [-0.39, 0.29) is 23.6 Å². The number of rotatable bonds is 9. The molecular formula is C15H22N2O7S. The number of ether oxygens (including phenoxy) is 2. The summed E-state index contributed by atoms with van der Waals surface area (Å²) in [6, 6.07) is 4.10. The van der Waals surface area contributed by atoms with E-state index in [1.165, 1.54) is 46.3 Å². The van der Waals surface area contributed by atoms with Gasteiger partial charge in [0, 0.05) is 19.0 Å². The largest absolute Gasteiger partial charge is 0.493 e. The van der Waals surface area contributed by atoms with Crippen molar-refractivity contribution in [3.05, 3.63) is 18.2 Å². The molecule has 0 fully saturated rings. The zero-order valence-corrected chi connectivity index (χ0v) is 15.3. The molecule has 140 valence electrons. The highest BCUT2D eigenvalue weighted by molar-refractivity contribution is 7.89. The van der Waals surface area contributed by atoms with Crippen molar-refractivity contribution >= 4 is 21.9 Å². The van der Waals surface area contributed by atoms with Gasteiger partial charge < -0.3 is 19.9 Å². The molecule has 3 N–H and O–H groups in total. The van der Waals surface area contributed by atoms with Crippen LogP contribution in [0, 0.1) is 0 Å². The molecule has 1 aromatic rings. The van der Waals surface area contributed by atoms with Crippen molar-refractivity contribution < 1.29 is 32.6 Å². The van der Waals surface area contributed by atoms with Crippen LogP contribution >= 0.6 is 0 Å². The number of benzene rings is 1. The van der Waals surface area contributed by atoms with Gasteiger partial charge >= 0.3 is 5.97 Å². The van der Waals surface area contributed by atoms with Crippen molar-refractivity contribution in [3.63, 3.8) is 0 Å². The molecule has 0 aromatic heterocycles. The van der Waals surface area contributed by atoms with Gasteiger partial charge in [-0.15, -0.1) is 0 Å². The summed E-state index contributed by atoms with van der Waals surface area (Å²) in [6.45, 7) is 2.49. The molecule has 0 saturated carbocycles. The summed E-state index contributed by atoms with van der Waals surface area (Å²) in [5.74, 6) is -1.13. The third-order valence-electron chi connectivity index (χ3n) is 3.30. The number of hydrogen-bond acceptors (Lipinski definition) is 6. The van der Waals surface area contributed by atoms with Gasteiger partial charge in [0.05, 0.1) is 19.1 Å². The summed E-state index contributed by atoms with van der Waals surface area (Å²) in [4.78, 5) is 22.6. The summed E-state index contributed by atoms with van der Waals surface area (Å²) in [7, 11) is -1.04. The van der Waals surface area contributed by atoms with Crippen LogP contribution in [0.4, 0.5) is 0 Å². The number of carbonyl (C=O) groups excluding carboxylic acids is 1. The summed E-state index contributed by atoms with van der Waals surface area (Å²) in [6.07, 6.45) is -0.205. The predicted molar refractivity (Wildman–Crippen MR) is 89.2 cm³/mol. The fourth-order valence-electron chi connectivity index (χ4n) is 1.83. The van der Waals surface area contributed by atoms with Crippen LogP contribution in [0.5, 0.6) is 11.5 Å². The molecule has 0 radical (unpaired) electrons. The molecule has 0 aliphatic carbocycles. The van der Waals surface area contributed by atoms with Crippen molar-refractivity contribution in [1.82, 2.24) is 10.0 Å². The molecule has 1 amide bonds. The molecule has 1 aromatic carbocycles.